The summed E-state index contributed by atoms with van der Waals surface area (Å²) in [7, 11) is 0.488. The molecule has 1 aromatic rings. The first-order valence-corrected chi connectivity index (χ1v) is 7.25. The first kappa shape index (κ1) is 11.7. The van der Waals surface area contributed by atoms with Crippen molar-refractivity contribution in [3.63, 3.8) is 0 Å². The third-order valence-electron chi connectivity index (χ3n) is 2.37. The number of aromatic amines is 1. The van der Waals surface area contributed by atoms with Gasteiger partial charge in [0.1, 0.15) is 11.5 Å². The minimum Gasteiger partial charge on any atom is -0.323 e. The molecule has 1 aromatic heterocycles. The summed E-state index contributed by atoms with van der Waals surface area (Å²) in [6.07, 6.45) is 7.41. The van der Waals surface area contributed by atoms with E-state index in [1.54, 1.807) is 0 Å². The second-order valence-electron chi connectivity index (χ2n) is 3.64. The van der Waals surface area contributed by atoms with Crippen molar-refractivity contribution in [3.8, 4) is 0 Å². The summed E-state index contributed by atoms with van der Waals surface area (Å²) in [5.74, 6) is 2.74. The second-order valence-corrected chi connectivity index (χ2v) is 5.88. The summed E-state index contributed by atoms with van der Waals surface area (Å²) in [4.78, 5) is 3.37. The zero-order valence-electron chi connectivity index (χ0n) is 9.38. The standard InChI is InChI=1S/C12H22NS/c1-3-5-10-14(11-6-4-2)12-8-7-9-13-12/h7-9,13H,3-6,10-11H2,1-2H3/q+1. The van der Waals surface area contributed by atoms with E-state index >= 15 is 0 Å². The Kier molecular flexibility index (Phi) is 5.85. The van der Waals surface area contributed by atoms with Gasteiger partial charge < -0.3 is 4.98 Å². The van der Waals surface area contributed by atoms with Crippen LogP contribution in [0.5, 0.6) is 0 Å². The van der Waals surface area contributed by atoms with E-state index in [-0.39, 0.29) is 0 Å². The molecule has 1 heterocycles. The number of H-pyrrole nitrogens is 1. The molecule has 0 bridgehead atoms. The Balaban J connectivity index is 2.44. The molecular formula is C12H22NS+. The molecule has 1 N–H and O–H groups in total. The lowest BCUT2D eigenvalue weighted by Crippen LogP contribution is -2.13. The highest BCUT2D eigenvalue weighted by Gasteiger charge is 2.20. The normalized spacial score (nSPS) is 11.1. The van der Waals surface area contributed by atoms with Crippen molar-refractivity contribution >= 4 is 10.9 Å². The van der Waals surface area contributed by atoms with E-state index in [2.05, 4.69) is 31.0 Å². The van der Waals surface area contributed by atoms with E-state index in [1.165, 1.54) is 42.2 Å². The van der Waals surface area contributed by atoms with Gasteiger partial charge in [0.15, 0.2) is 0 Å². The van der Waals surface area contributed by atoms with Gasteiger partial charge in [-0.15, -0.1) is 0 Å². The Bertz CT molecular complexity index is 210. The van der Waals surface area contributed by atoms with E-state index in [0.29, 0.717) is 10.9 Å². The van der Waals surface area contributed by atoms with Gasteiger partial charge in [-0.25, -0.2) is 0 Å². The molecular weight excluding hydrogens is 190 g/mol. The number of aromatic nitrogens is 1. The average Bonchev–Trinajstić information content (AvgIpc) is 2.71. The summed E-state index contributed by atoms with van der Waals surface area (Å²) in [5, 5.41) is 1.46. The second kappa shape index (κ2) is 6.99. The molecule has 0 spiro atoms. The molecule has 0 unspecified atom stereocenters. The number of hydrogen-bond acceptors (Lipinski definition) is 0. The van der Waals surface area contributed by atoms with Crippen molar-refractivity contribution in [1.82, 2.24) is 4.98 Å². The predicted molar refractivity (Wildman–Crippen MR) is 66.0 cm³/mol. The van der Waals surface area contributed by atoms with E-state index in [4.69, 9.17) is 0 Å². The minimum absolute atomic E-state index is 0.488. The van der Waals surface area contributed by atoms with Crippen LogP contribution in [0, 0.1) is 0 Å². The van der Waals surface area contributed by atoms with E-state index in [1.807, 2.05) is 6.20 Å². The highest BCUT2D eigenvalue weighted by Crippen LogP contribution is 2.15. The van der Waals surface area contributed by atoms with Crippen molar-refractivity contribution in [1.29, 1.82) is 0 Å². The predicted octanol–water partition coefficient (Wildman–Crippen LogP) is 3.59. The molecule has 0 atom stereocenters. The maximum atomic E-state index is 3.37. The van der Waals surface area contributed by atoms with Gasteiger partial charge in [0.25, 0.3) is 0 Å². The Labute approximate surface area is 90.7 Å². The van der Waals surface area contributed by atoms with Crippen molar-refractivity contribution in [2.24, 2.45) is 0 Å². The van der Waals surface area contributed by atoms with Crippen LogP contribution in [0.2, 0.25) is 0 Å². The molecule has 0 aliphatic carbocycles. The number of unbranched alkanes of at least 4 members (excludes halogenated alkanes) is 2. The van der Waals surface area contributed by atoms with Gasteiger partial charge in [-0.3, -0.25) is 0 Å². The highest BCUT2D eigenvalue weighted by atomic mass is 32.2. The molecule has 0 aromatic carbocycles. The first-order valence-electron chi connectivity index (χ1n) is 5.69. The molecule has 0 amide bonds. The number of rotatable bonds is 7. The van der Waals surface area contributed by atoms with Gasteiger partial charge in [-0.2, -0.15) is 0 Å². The smallest absolute Gasteiger partial charge is 0.224 e. The monoisotopic (exact) mass is 212 g/mol. The topological polar surface area (TPSA) is 15.8 Å². The molecule has 2 heteroatoms. The van der Waals surface area contributed by atoms with Gasteiger partial charge in [0, 0.05) is 23.2 Å². The molecule has 0 radical (unpaired) electrons. The molecule has 0 aliphatic rings. The maximum absolute atomic E-state index is 3.37. The molecule has 0 saturated heterocycles. The molecule has 0 aliphatic heterocycles. The van der Waals surface area contributed by atoms with Crippen molar-refractivity contribution in [2.75, 3.05) is 11.5 Å². The quantitative estimate of drug-likeness (QED) is 0.665. The SMILES string of the molecule is CCCC[S+](CCCC)c1ccc[nH]1. The lowest BCUT2D eigenvalue weighted by atomic mass is 10.4. The fourth-order valence-corrected chi connectivity index (χ4v) is 3.88. The summed E-state index contributed by atoms with van der Waals surface area (Å²) in [6.45, 7) is 4.55. The van der Waals surface area contributed by atoms with Crippen molar-refractivity contribution in [2.45, 2.75) is 44.6 Å². The average molecular weight is 212 g/mol. The fraction of sp³-hybridized carbons (Fsp3) is 0.667. The van der Waals surface area contributed by atoms with E-state index < -0.39 is 0 Å². The molecule has 14 heavy (non-hydrogen) atoms. The summed E-state index contributed by atoms with van der Waals surface area (Å²) in [6, 6.07) is 4.36. The van der Waals surface area contributed by atoms with Crippen LogP contribution in [0.4, 0.5) is 0 Å². The number of hydrogen-bond donors (Lipinski definition) is 1. The minimum atomic E-state index is 0.488. The highest BCUT2D eigenvalue weighted by molar-refractivity contribution is 7.96. The van der Waals surface area contributed by atoms with Gasteiger partial charge in [-0.1, -0.05) is 26.7 Å². The lowest BCUT2D eigenvalue weighted by molar-refractivity contribution is 0.868. The third-order valence-corrected chi connectivity index (χ3v) is 4.81. The Morgan fingerprint density at radius 3 is 2.21 bits per heavy atom. The molecule has 0 saturated carbocycles. The Morgan fingerprint density at radius 2 is 1.79 bits per heavy atom. The molecule has 0 fully saturated rings. The largest absolute Gasteiger partial charge is 0.323 e. The fourth-order valence-electron chi connectivity index (χ4n) is 1.45. The van der Waals surface area contributed by atoms with Gasteiger partial charge in [0.05, 0.1) is 0 Å². The van der Waals surface area contributed by atoms with Crippen LogP contribution in [0.1, 0.15) is 39.5 Å². The van der Waals surface area contributed by atoms with Gasteiger partial charge >= 0.3 is 0 Å². The van der Waals surface area contributed by atoms with Crippen LogP contribution in [0.25, 0.3) is 0 Å². The van der Waals surface area contributed by atoms with Crippen LogP contribution in [-0.4, -0.2) is 16.5 Å². The van der Waals surface area contributed by atoms with Gasteiger partial charge in [0.2, 0.25) is 5.03 Å². The lowest BCUT2D eigenvalue weighted by Gasteiger charge is -2.04. The van der Waals surface area contributed by atoms with Gasteiger partial charge in [-0.05, 0) is 18.9 Å². The van der Waals surface area contributed by atoms with Crippen LogP contribution in [0.3, 0.4) is 0 Å². The summed E-state index contributed by atoms with van der Waals surface area (Å²) in [5.41, 5.74) is 0. The van der Waals surface area contributed by atoms with E-state index in [9.17, 15) is 0 Å². The summed E-state index contributed by atoms with van der Waals surface area (Å²) >= 11 is 0. The van der Waals surface area contributed by atoms with Crippen molar-refractivity contribution in [3.05, 3.63) is 18.3 Å². The Morgan fingerprint density at radius 1 is 1.14 bits per heavy atom. The van der Waals surface area contributed by atoms with Crippen LogP contribution in [-0.2, 0) is 10.9 Å². The third kappa shape index (κ3) is 3.79. The maximum Gasteiger partial charge on any atom is 0.224 e. The van der Waals surface area contributed by atoms with Crippen molar-refractivity contribution < 1.29 is 0 Å². The van der Waals surface area contributed by atoms with E-state index in [0.717, 1.165) is 0 Å². The summed E-state index contributed by atoms with van der Waals surface area (Å²) < 4.78 is 0. The Hall–Kier alpha value is -0.370. The zero-order valence-corrected chi connectivity index (χ0v) is 10.2. The molecule has 1 nitrogen and oxygen atoms in total. The van der Waals surface area contributed by atoms with Crippen LogP contribution in [0.15, 0.2) is 23.4 Å². The number of nitrogens with one attached hydrogen (secondary N) is 1. The first-order chi connectivity index (χ1) is 6.88. The van der Waals surface area contributed by atoms with Crippen LogP contribution >= 0.6 is 0 Å². The molecule has 80 valence electrons. The van der Waals surface area contributed by atoms with Crippen LogP contribution < -0.4 is 0 Å². The molecule has 1 rings (SSSR count). The zero-order chi connectivity index (χ0) is 10.2.